The van der Waals surface area contributed by atoms with Gasteiger partial charge in [0.25, 0.3) is 0 Å². The number of aliphatic hydroxyl groups is 2. The summed E-state index contributed by atoms with van der Waals surface area (Å²) in [7, 11) is 1.33. The zero-order valence-corrected chi connectivity index (χ0v) is 23.6. The lowest BCUT2D eigenvalue weighted by atomic mass is 9.72. The number of benzene rings is 2. The highest BCUT2D eigenvalue weighted by Gasteiger charge is 2.49. The molecule has 0 bridgehead atoms. The SMILES string of the molecule is CCC(=O)N[C@H]1C[C@H](O[C@H]2C[C@](O)(C(C)=O)Cc3c(O)c4c(c(O)c32)C(=O)c2c(OC)cccc2C4=O)O[C@@H](C)[C@H]1O. The van der Waals surface area contributed by atoms with Crippen molar-refractivity contribution in [1.29, 1.82) is 0 Å². The van der Waals surface area contributed by atoms with E-state index in [9.17, 15) is 39.6 Å². The van der Waals surface area contributed by atoms with Crippen LogP contribution in [0.1, 0.15) is 89.1 Å². The Bertz CT molecular complexity index is 1500. The summed E-state index contributed by atoms with van der Waals surface area (Å²) in [6.45, 7) is 4.41. The van der Waals surface area contributed by atoms with E-state index in [1.807, 2.05) is 0 Å². The number of nitrogens with one attached hydrogen (secondary N) is 1. The van der Waals surface area contributed by atoms with Gasteiger partial charge in [-0.15, -0.1) is 0 Å². The molecule has 3 aliphatic rings. The number of fused-ring (bicyclic) bond motifs is 3. The molecule has 2 aromatic rings. The molecule has 2 aliphatic carbocycles. The molecular weight excluding hydrogens is 550 g/mol. The Hall–Kier alpha value is -3.84. The number of phenolic OH excluding ortho intramolecular Hbond substituents is 2. The summed E-state index contributed by atoms with van der Waals surface area (Å²) in [5.74, 6) is -3.62. The van der Waals surface area contributed by atoms with Crippen molar-refractivity contribution in [2.45, 2.75) is 82.7 Å². The van der Waals surface area contributed by atoms with Crippen molar-refractivity contribution in [3.63, 3.8) is 0 Å². The Morgan fingerprint density at radius 1 is 1.12 bits per heavy atom. The van der Waals surface area contributed by atoms with Crippen LogP contribution in [0, 0.1) is 0 Å². The number of carbonyl (C=O) groups is 4. The molecule has 1 aliphatic heterocycles. The Kier molecular flexibility index (Phi) is 7.60. The first kappa shape index (κ1) is 29.6. The minimum atomic E-state index is -2.05. The van der Waals surface area contributed by atoms with Crippen molar-refractivity contribution in [2.75, 3.05) is 7.11 Å². The number of hydrogen-bond acceptors (Lipinski definition) is 11. The number of ketones is 3. The molecule has 5 N–H and O–H groups in total. The van der Waals surface area contributed by atoms with Gasteiger partial charge in [-0.05, 0) is 19.9 Å². The predicted octanol–water partition coefficient (Wildman–Crippen LogP) is 1.60. The van der Waals surface area contributed by atoms with Gasteiger partial charge in [0.15, 0.2) is 17.9 Å². The maximum atomic E-state index is 13.7. The molecule has 1 fully saturated rings. The molecule has 42 heavy (non-hydrogen) atoms. The molecule has 0 spiro atoms. The van der Waals surface area contributed by atoms with Gasteiger partial charge in [-0.3, -0.25) is 19.2 Å². The predicted molar refractivity (Wildman–Crippen MR) is 145 cm³/mol. The summed E-state index contributed by atoms with van der Waals surface area (Å²) in [6.07, 6.45) is -4.86. The van der Waals surface area contributed by atoms with Crippen LogP contribution in [0.3, 0.4) is 0 Å². The second-order valence-corrected chi connectivity index (χ2v) is 11.0. The molecule has 1 saturated heterocycles. The fourth-order valence-electron chi connectivity index (χ4n) is 6.08. The Morgan fingerprint density at radius 2 is 1.81 bits per heavy atom. The van der Waals surface area contributed by atoms with Crippen LogP contribution in [0.25, 0.3) is 0 Å². The van der Waals surface area contributed by atoms with Crippen LogP contribution in [-0.2, 0) is 25.5 Å². The Balaban J connectivity index is 1.62. The van der Waals surface area contributed by atoms with Gasteiger partial charge in [0.1, 0.15) is 29.0 Å². The summed E-state index contributed by atoms with van der Waals surface area (Å²) in [4.78, 5) is 52.0. The minimum absolute atomic E-state index is 0.0126. The first-order valence-electron chi connectivity index (χ1n) is 13.7. The molecule has 12 heteroatoms. The van der Waals surface area contributed by atoms with Gasteiger partial charge in [-0.25, -0.2) is 0 Å². The fraction of sp³-hybridized carbons (Fsp3) is 0.467. The summed E-state index contributed by atoms with van der Waals surface area (Å²) >= 11 is 0. The fourth-order valence-corrected chi connectivity index (χ4v) is 6.08. The van der Waals surface area contributed by atoms with E-state index in [1.165, 1.54) is 32.2 Å². The van der Waals surface area contributed by atoms with Gasteiger partial charge in [0, 0.05) is 42.4 Å². The highest BCUT2D eigenvalue weighted by Crippen LogP contribution is 2.52. The third kappa shape index (κ3) is 4.64. The first-order valence-corrected chi connectivity index (χ1v) is 13.7. The molecule has 0 aromatic heterocycles. The van der Waals surface area contributed by atoms with E-state index in [4.69, 9.17) is 14.2 Å². The van der Waals surface area contributed by atoms with E-state index < -0.39 is 82.6 Å². The molecule has 0 unspecified atom stereocenters. The Morgan fingerprint density at radius 3 is 2.45 bits per heavy atom. The quantitative estimate of drug-likeness (QED) is 0.265. The average Bonchev–Trinajstić information content (AvgIpc) is 2.95. The second-order valence-electron chi connectivity index (χ2n) is 11.0. The molecule has 0 radical (unpaired) electrons. The standard InChI is InChI=1S/C30H33NO11/c1-5-19(33)31-16-9-20(41-12(2)25(16)34)42-18-11-30(39,13(3)32)10-15-22(18)29(38)24-23(27(15)36)26(35)14-7-6-8-17(40-4)21(14)28(24)37/h6-8,12,16,18,20,25,34,36,38-39H,5,9-11H2,1-4H3,(H,31,33)/t12-,16-,18-,20-,25+,30-/m0/s1. The van der Waals surface area contributed by atoms with Crippen LogP contribution in [0.5, 0.6) is 17.2 Å². The van der Waals surface area contributed by atoms with Crippen LogP contribution in [0.2, 0.25) is 0 Å². The summed E-state index contributed by atoms with van der Waals surface area (Å²) < 4.78 is 17.3. The largest absolute Gasteiger partial charge is 0.507 e. The lowest BCUT2D eigenvalue weighted by molar-refractivity contribution is -0.249. The van der Waals surface area contributed by atoms with E-state index in [2.05, 4.69) is 5.32 Å². The zero-order valence-electron chi connectivity index (χ0n) is 23.6. The monoisotopic (exact) mass is 583 g/mol. The van der Waals surface area contributed by atoms with Crippen molar-refractivity contribution in [3.05, 3.63) is 51.6 Å². The van der Waals surface area contributed by atoms with Gasteiger partial charge in [0.05, 0.1) is 42.0 Å². The lowest BCUT2D eigenvalue weighted by Crippen LogP contribution is -2.55. The summed E-state index contributed by atoms with van der Waals surface area (Å²) in [5.41, 5.74) is -3.24. The number of phenols is 2. The van der Waals surface area contributed by atoms with E-state index in [0.29, 0.717) is 0 Å². The third-order valence-corrected chi connectivity index (χ3v) is 8.42. The Labute approximate surface area is 241 Å². The zero-order chi connectivity index (χ0) is 30.7. The van der Waals surface area contributed by atoms with Crippen LogP contribution >= 0.6 is 0 Å². The van der Waals surface area contributed by atoms with E-state index in [0.717, 1.165) is 0 Å². The highest BCUT2D eigenvalue weighted by atomic mass is 16.7. The highest BCUT2D eigenvalue weighted by molar-refractivity contribution is 6.31. The number of Topliss-reactive ketones (excluding diaryl/α,β-unsaturated/α-hetero) is 1. The van der Waals surface area contributed by atoms with Crippen LogP contribution in [0.4, 0.5) is 0 Å². The number of carbonyl (C=O) groups excluding carboxylic acids is 4. The number of hydrogen-bond donors (Lipinski definition) is 5. The van der Waals surface area contributed by atoms with Crippen molar-refractivity contribution in [3.8, 4) is 17.2 Å². The van der Waals surface area contributed by atoms with Crippen molar-refractivity contribution in [1.82, 2.24) is 5.32 Å². The summed E-state index contributed by atoms with van der Waals surface area (Å²) in [5, 5.41) is 47.6. The van der Waals surface area contributed by atoms with Crippen LogP contribution < -0.4 is 10.1 Å². The molecule has 2 aromatic carbocycles. The number of amides is 1. The van der Waals surface area contributed by atoms with Crippen LogP contribution in [0.15, 0.2) is 18.2 Å². The van der Waals surface area contributed by atoms with E-state index in [-0.39, 0.29) is 53.2 Å². The molecule has 6 atom stereocenters. The molecular formula is C30H33NO11. The van der Waals surface area contributed by atoms with Gasteiger partial charge in [-0.2, -0.15) is 0 Å². The number of aromatic hydroxyl groups is 2. The lowest BCUT2D eigenvalue weighted by Gasteiger charge is -2.42. The van der Waals surface area contributed by atoms with Gasteiger partial charge >= 0.3 is 0 Å². The number of methoxy groups -OCH3 is 1. The first-order chi connectivity index (χ1) is 19.8. The maximum Gasteiger partial charge on any atom is 0.220 e. The molecule has 1 amide bonds. The molecule has 0 saturated carbocycles. The van der Waals surface area contributed by atoms with Crippen molar-refractivity contribution >= 4 is 23.3 Å². The second kappa shape index (κ2) is 10.8. The van der Waals surface area contributed by atoms with E-state index in [1.54, 1.807) is 13.8 Å². The third-order valence-electron chi connectivity index (χ3n) is 8.42. The normalized spacial score (nSPS) is 28.4. The van der Waals surface area contributed by atoms with Gasteiger partial charge in [0.2, 0.25) is 11.7 Å². The minimum Gasteiger partial charge on any atom is -0.507 e. The smallest absolute Gasteiger partial charge is 0.220 e. The number of rotatable bonds is 6. The molecule has 224 valence electrons. The van der Waals surface area contributed by atoms with Gasteiger partial charge < -0.3 is 40.0 Å². The number of ether oxygens (including phenoxy) is 3. The van der Waals surface area contributed by atoms with Crippen molar-refractivity contribution in [2.24, 2.45) is 0 Å². The van der Waals surface area contributed by atoms with E-state index >= 15 is 0 Å². The summed E-state index contributed by atoms with van der Waals surface area (Å²) in [6, 6.07) is 3.67. The van der Waals surface area contributed by atoms with Gasteiger partial charge in [-0.1, -0.05) is 19.1 Å². The molecule has 1 heterocycles. The number of aliphatic hydroxyl groups excluding tert-OH is 1. The topological polar surface area (TPSA) is 189 Å². The van der Waals surface area contributed by atoms with Crippen LogP contribution in [-0.4, -0.2) is 80.9 Å². The molecule has 5 rings (SSSR count). The average molecular weight is 584 g/mol. The maximum absolute atomic E-state index is 13.7. The molecule has 12 nitrogen and oxygen atoms in total. The van der Waals surface area contributed by atoms with Crippen molar-refractivity contribution < 1.29 is 53.8 Å².